The van der Waals surface area contributed by atoms with Crippen molar-refractivity contribution in [3.05, 3.63) is 0 Å². The Balaban J connectivity index is 2.27. The first-order valence-corrected chi connectivity index (χ1v) is 6.69. The van der Waals surface area contributed by atoms with Crippen molar-refractivity contribution in [2.75, 3.05) is 32.8 Å². The van der Waals surface area contributed by atoms with Crippen molar-refractivity contribution >= 4 is 0 Å². The van der Waals surface area contributed by atoms with Gasteiger partial charge in [-0.25, -0.2) is 0 Å². The van der Waals surface area contributed by atoms with Gasteiger partial charge in [-0.1, -0.05) is 13.8 Å². The van der Waals surface area contributed by atoms with E-state index in [2.05, 4.69) is 37.9 Å². The van der Waals surface area contributed by atoms with Crippen LogP contribution >= 0.6 is 0 Å². The summed E-state index contributed by atoms with van der Waals surface area (Å²) in [4.78, 5) is 2.53. The fourth-order valence-corrected chi connectivity index (χ4v) is 2.49. The normalized spacial score (nSPS) is 24.9. The standard InChI is InChI=1S/C13H28N2O/c1-5-16-12(4)9-15-7-6-14-13(10-15)8-11(2)3/h11-14H,5-10H2,1-4H3. The van der Waals surface area contributed by atoms with E-state index in [4.69, 9.17) is 4.74 Å². The molecule has 1 heterocycles. The Morgan fingerprint density at radius 3 is 2.75 bits per heavy atom. The summed E-state index contributed by atoms with van der Waals surface area (Å²) < 4.78 is 5.60. The third-order valence-electron chi connectivity index (χ3n) is 3.06. The lowest BCUT2D eigenvalue weighted by Crippen LogP contribution is -2.52. The summed E-state index contributed by atoms with van der Waals surface area (Å²) in [5.74, 6) is 0.779. The molecule has 0 spiro atoms. The summed E-state index contributed by atoms with van der Waals surface area (Å²) in [5.41, 5.74) is 0. The van der Waals surface area contributed by atoms with Crippen LogP contribution in [0.1, 0.15) is 34.1 Å². The summed E-state index contributed by atoms with van der Waals surface area (Å²) in [7, 11) is 0. The van der Waals surface area contributed by atoms with Crippen molar-refractivity contribution < 1.29 is 4.74 Å². The zero-order valence-electron chi connectivity index (χ0n) is 11.3. The Morgan fingerprint density at radius 2 is 2.12 bits per heavy atom. The molecule has 0 aromatic carbocycles. The molecule has 2 unspecified atom stereocenters. The number of hydrogen-bond acceptors (Lipinski definition) is 3. The van der Waals surface area contributed by atoms with Gasteiger partial charge in [0.1, 0.15) is 0 Å². The topological polar surface area (TPSA) is 24.5 Å². The van der Waals surface area contributed by atoms with Gasteiger partial charge in [0, 0.05) is 38.8 Å². The minimum Gasteiger partial charge on any atom is -0.377 e. The number of piperazine rings is 1. The van der Waals surface area contributed by atoms with Crippen LogP contribution < -0.4 is 5.32 Å². The van der Waals surface area contributed by atoms with Crippen LogP contribution in [0.25, 0.3) is 0 Å². The molecule has 0 radical (unpaired) electrons. The van der Waals surface area contributed by atoms with Crippen LogP contribution in [-0.2, 0) is 4.74 Å². The Morgan fingerprint density at radius 1 is 1.38 bits per heavy atom. The molecule has 0 bridgehead atoms. The second-order valence-electron chi connectivity index (χ2n) is 5.31. The lowest BCUT2D eigenvalue weighted by atomic mass is 10.0. The van der Waals surface area contributed by atoms with Crippen LogP contribution in [0.4, 0.5) is 0 Å². The van der Waals surface area contributed by atoms with Crippen LogP contribution in [0.3, 0.4) is 0 Å². The highest BCUT2D eigenvalue weighted by Crippen LogP contribution is 2.10. The first-order chi connectivity index (χ1) is 7.61. The third-order valence-corrected chi connectivity index (χ3v) is 3.06. The average Bonchev–Trinajstić information content (AvgIpc) is 2.17. The number of ether oxygens (including phenoxy) is 1. The van der Waals surface area contributed by atoms with E-state index >= 15 is 0 Å². The summed E-state index contributed by atoms with van der Waals surface area (Å²) >= 11 is 0. The van der Waals surface area contributed by atoms with Gasteiger partial charge in [-0.2, -0.15) is 0 Å². The van der Waals surface area contributed by atoms with Gasteiger partial charge >= 0.3 is 0 Å². The van der Waals surface area contributed by atoms with Gasteiger partial charge < -0.3 is 10.1 Å². The molecule has 1 aliphatic rings. The maximum Gasteiger partial charge on any atom is 0.0673 e. The van der Waals surface area contributed by atoms with Gasteiger partial charge in [-0.3, -0.25) is 4.90 Å². The van der Waals surface area contributed by atoms with Crippen LogP contribution in [0.15, 0.2) is 0 Å². The highest BCUT2D eigenvalue weighted by atomic mass is 16.5. The monoisotopic (exact) mass is 228 g/mol. The van der Waals surface area contributed by atoms with Crippen molar-refractivity contribution in [1.82, 2.24) is 10.2 Å². The zero-order chi connectivity index (χ0) is 12.0. The highest BCUT2D eigenvalue weighted by molar-refractivity contribution is 4.80. The molecule has 3 nitrogen and oxygen atoms in total. The molecule has 1 saturated heterocycles. The van der Waals surface area contributed by atoms with Crippen molar-refractivity contribution in [3.8, 4) is 0 Å². The minimum atomic E-state index is 0.364. The van der Waals surface area contributed by atoms with E-state index in [1.165, 1.54) is 13.0 Å². The van der Waals surface area contributed by atoms with Crippen molar-refractivity contribution in [2.24, 2.45) is 5.92 Å². The maximum atomic E-state index is 5.60. The van der Waals surface area contributed by atoms with E-state index in [0.717, 1.165) is 32.2 Å². The fourth-order valence-electron chi connectivity index (χ4n) is 2.49. The fraction of sp³-hybridized carbons (Fsp3) is 1.00. The van der Waals surface area contributed by atoms with Gasteiger partial charge in [-0.15, -0.1) is 0 Å². The zero-order valence-corrected chi connectivity index (χ0v) is 11.3. The lowest BCUT2D eigenvalue weighted by Gasteiger charge is -2.35. The molecule has 1 rings (SSSR count). The lowest BCUT2D eigenvalue weighted by molar-refractivity contribution is 0.0368. The van der Waals surface area contributed by atoms with E-state index in [1.807, 2.05) is 0 Å². The predicted octanol–water partition coefficient (Wildman–Crippen LogP) is 1.73. The SMILES string of the molecule is CCOC(C)CN1CCNC(CC(C)C)C1. The second-order valence-corrected chi connectivity index (χ2v) is 5.31. The highest BCUT2D eigenvalue weighted by Gasteiger charge is 2.21. The third kappa shape index (κ3) is 5.28. The molecule has 0 aliphatic carbocycles. The quantitative estimate of drug-likeness (QED) is 0.749. The molecular formula is C13H28N2O. The van der Waals surface area contributed by atoms with E-state index < -0.39 is 0 Å². The van der Waals surface area contributed by atoms with Gasteiger partial charge in [-0.05, 0) is 26.2 Å². The molecule has 16 heavy (non-hydrogen) atoms. The molecule has 3 heteroatoms. The number of rotatable bonds is 6. The van der Waals surface area contributed by atoms with Crippen molar-refractivity contribution in [3.63, 3.8) is 0 Å². The summed E-state index contributed by atoms with van der Waals surface area (Å²) in [6.07, 6.45) is 1.64. The van der Waals surface area contributed by atoms with Crippen LogP contribution in [0, 0.1) is 5.92 Å². The van der Waals surface area contributed by atoms with E-state index in [1.54, 1.807) is 0 Å². The summed E-state index contributed by atoms with van der Waals surface area (Å²) in [6, 6.07) is 0.669. The van der Waals surface area contributed by atoms with Gasteiger partial charge in [0.15, 0.2) is 0 Å². The number of nitrogens with zero attached hydrogens (tertiary/aromatic N) is 1. The molecule has 96 valence electrons. The molecular weight excluding hydrogens is 200 g/mol. The Labute approximate surface area is 101 Å². The average molecular weight is 228 g/mol. The predicted molar refractivity (Wildman–Crippen MR) is 68.8 cm³/mol. The van der Waals surface area contributed by atoms with Crippen molar-refractivity contribution in [2.45, 2.75) is 46.3 Å². The molecule has 0 amide bonds. The van der Waals surface area contributed by atoms with Gasteiger partial charge in [0.2, 0.25) is 0 Å². The van der Waals surface area contributed by atoms with Gasteiger partial charge in [0.25, 0.3) is 0 Å². The molecule has 0 aromatic rings. The summed E-state index contributed by atoms with van der Waals surface area (Å²) in [6.45, 7) is 14.2. The Kier molecular flexibility index (Phi) is 6.32. The molecule has 0 saturated carbocycles. The van der Waals surface area contributed by atoms with Crippen molar-refractivity contribution in [1.29, 1.82) is 0 Å². The van der Waals surface area contributed by atoms with Gasteiger partial charge in [0.05, 0.1) is 6.10 Å². The van der Waals surface area contributed by atoms with E-state index in [0.29, 0.717) is 12.1 Å². The molecule has 1 fully saturated rings. The summed E-state index contributed by atoms with van der Waals surface area (Å²) in [5, 5.41) is 3.60. The largest absolute Gasteiger partial charge is 0.377 e. The van der Waals surface area contributed by atoms with Crippen LogP contribution in [0.2, 0.25) is 0 Å². The molecule has 1 aliphatic heterocycles. The molecule has 1 N–H and O–H groups in total. The molecule has 2 atom stereocenters. The van der Waals surface area contributed by atoms with Crippen LogP contribution in [-0.4, -0.2) is 49.8 Å². The Hall–Kier alpha value is -0.120. The van der Waals surface area contributed by atoms with E-state index in [-0.39, 0.29) is 0 Å². The number of hydrogen-bond donors (Lipinski definition) is 1. The maximum absolute atomic E-state index is 5.60. The first-order valence-electron chi connectivity index (χ1n) is 6.69. The second kappa shape index (κ2) is 7.25. The number of nitrogens with one attached hydrogen (secondary N) is 1. The smallest absolute Gasteiger partial charge is 0.0673 e. The Bertz CT molecular complexity index is 185. The minimum absolute atomic E-state index is 0.364. The molecule has 0 aromatic heterocycles. The van der Waals surface area contributed by atoms with Crippen LogP contribution in [0.5, 0.6) is 0 Å². The first kappa shape index (κ1) is 13.9. The van der Waals surface area contributed by atoms with E-state index in [9.17, 15) is 0 Å².